The molecule has 3 aromatic rings. The number of aliphatic hydroxyl groups is 1. The van der Waals surface area contributed by atoms with Gasteiger partial charge in [0.1, 0.15) is 11.4 Å². The topological polar surface area (TPSA) is 110 Å². The number of ether oxygens (including phenoxy) is 1. The van der Waals surface area contributed by atoms with Gasteiger partial charge in [-0.1, -0.05) is 0 Å². The molecule has 1 amide bonds. The Morgan fingerprint density at radius 2 is 2.11 bits per heavy atom. The summed E-state index contributed by atoms with van der Waals surface area (Å²) in [4.78, 5) is 19.8. The first-order valence-corrected chi connectivity index (χ1v) is 11.9. The van der Waals surface area contributed by atoms with Crippen molar-refractivity contribution in [3.8, 4) is 0 Å². The van der Waals surface area contributed by atoms with Crippen LogP contribution in [0.5, 0.6) is 0 Å². The van der Waals surface area contributed by atoms with E-state index in [2.05, 4.69) is 25.4 Å². The van der Waals surface area contributed by atoms with Crippen molar-refractivity contribution in [1.82, 2.24) is 24.4 Å². The van der Waals surface area contributed by atoms with Crippen molar-refractivity contribution in [1.29, 1.82) is 0 Å². The highest BCUT2D eigenvalue weighted by Crippen LogP contribution is 2.34. The summed E-state index contributed by atoms with van der Waals surface area (Å²) in [7, 11) is 0. The SMILES string of the molecule is C[C@@H]1CN(c2ccn3ncc(C(=O)Nc4cn(C5CCC(CO)CC5)nc4C(F)F)c3n2)CCO1. The third-order valence-corrected chi connectivity index (χ3v) is 6.83. The number of nitrogens with zero attached hydrogens (tertiary/aromatic N) is 6. The van der Waals surface area contributed by atoms with Crippen LogP contribution in [0.4, 0.5) is 20.3 Å². The van der Waals surface area contributed by atoms with Gasteiger partial charge in [-0.2, -0.15) is 10.2 Å². The van der Waals surface area contributed by atoms with Gasteiger partial charge in [0, 0.05) is 32.1 Å². The Labute approximate surface area is 200 Å². The molecule has 1 aliphatic heterocycles. The largest absolute Gasteiger partial charge is 0.396 e. The maximum Gasteiger partial charge on any atom is 0.284 e. The van der Waals surface area contributed by atoms with Crippen LogP contribution in [-0.2, 0) is 4.74 Å². The molecule has 1 atom stereocenters. The van der Waals surface area contributed by atoms with Crippen molar-refractivity contribution in [3.05, 3.63) is 35.9 Å². The molecule has 10 nitrogen and oxygen atoms in total. The number of carbonyl (C=O) groups excluding carboxylic acids is 1. The van der Waals surface area contributed by atoms with Crippen LogP contribution in [0, 0.1) is 5.92 Å². The van der Waals surface area contributed by atoms with Gasteiger partial charge in [-0.3, -0.25) is 9.48 Å². The fraction of sp³-hybridized carbons (Fsp3) is 0.565. The Bertz CT molecular complexity index is 1190. The van der Waals surface area contributed by atoms with Crippen molar-refractivity contribution in [2.75, 3.05) is 36.5 Å². The lowest BCUT2D eigenvalue weighted by molar-refractivity contribution is 0.0529. The summed E-state index contributed by atoms with van der Waals surface area (Å²) in [5, 5.41) is 20.2. The number of aliphatic hydroxyl groups excluding tert-OH is 1. The molecule has 188 valence electrons. The van der Waals surface area contributed by atoms with E-state index in [1.54, 1.807) is 6.20 Å². The van der Waals surface area contributed by atoms with Crippen molar-refractivity contribution in [2.24, 2.45) is 5.92 Å². The van der Waals surface area contributed by atoms with Crippen molar-refractivity contribution in [3.63, 3.8) is 0 Å². The van der Waals surface area contributed by atoms with Gasteiger partial charge in [-0.25, -0.2) is 18.3 Å². The molecule has 2 N–H and O–H groups in total. The van der Waals surface area contributed by atoms with E-state index in [0.29, 0.717) is 31.2 Å². The molecule has 2 aliphatic rings. The second kappa shape index (κ2) is 9.86. The summed E-state index contributed by atoms with van der Waals surface area (Å²) >= 11 is 0. The first-order chi connectivity index (χ1) is 16.9. The van der Waals surface area contributed by atoms with Crippen LogP contribution in [0.3, 0.4) is 0 Å². The number of amides is 1. The number of halogens is 2. The minimum Gasteiger partial charge on any atom is -0.396 e. The molecule has 35 heavy (non-hydrogen) atoms. The molecule has 0 aromatic carbocycles. The minimum atomic E-state index is -2.84. The van der Waals surface area contributed by atoms with E-state index in [1.807, 2.05) is 13.0 Å². The zero-order valence-electron chi connectivity index (χ0n) is 19.5. The van der Waals surface area contributed by atoms with Crippen molar-refractivity contribution >= 4 is 23.1 Å². The van der Waals surface area contributed by atoms with E-state index in [1.165, 1.54) is 21.6 Å². The molecule has 2 fully saturated rings. The Morgan fingerprint density at radius 1 is 1.31 bits per heavy atom. The number of anilines is 2. The van der Waals surface area contributed by atoms with Gasteiger partial charge in [-0.05, 0) is 44.6 Å². The summed E-state index contributed by atoms with van der Waals surface area (Å²) in [5.74, 6) is 0.358. The summed E-state index contributed by atoms with van der Waals surface area (Å²) in [5.41, 5.74) is 0.0406. The van der Waals surface area contributed by atoms with Crippen LogP contribution < -0.4 is 10.2 Å². The third-order valence-electron chi connectivity index (χ3n) is 6.83. The van der Waals surface area contributed by atoms with Crippen LogP contribution >= 0.6 is 0 Å². The van der Waals surface area contributed by atoms with Crippen LogP contribution in [0.15, 0.2) is 24.7 Å². The Hall–Kier alpha value is -3.12. The maximum absolute atomic E-state index is 13.8. The molecule has 1 aliphatic carbocycles. The number of alkyl halides is 2. The van der Waals surface area contributed by atoms with Crippen LogP contribution in [0.2, 0.25) is 0 Å². The fourth-order valence-electron chi connectivity index (χ4n) is 4.85. The van der Waals surface area contributed by atoms with E-state index >= 15 is 0 Å². The molecule has 0 spiro atoms. The predicted octanol–water partition coefficient (Wildman–Crippen LogP) is 3.06. The third kappa shape index (κ3) is 4.85. The minimum absolute atomic E-state index is 0.0215. The van der Waals surface area contributed by atoms with Gasteiger partial charge in [0.15, 0.2) is 11.3 Å². The number of morpholine rings is 1. The van der Waals surface area contributed by atoms with Crippen LogP contribution in [0.1, 0.15) is 61.1 Å². The molecule has 0 radical (unpaired) electrons. The molecular weight excluding hydrogens is 460 g/mol. The first-order valence-electron chi connectivity index (χ1n) is 11.9. The highest BCUT2D eigenvalue weighted by atomic mass is 19.3. The molecule has 1 saturated carbocycles. The summed E-state index contributed by atoms with van der Waals surface area (Å²) in [6, 6.07) is 1.78. The number of nitrogens with one attached hydrogen (secondary N) is 1. The lowest BCUT2D eigenvalue weighted by Crippen LogP contribution is -2.41. The second-order valence-electron chi connectivity index (χ2n) is 9.26. The average Bonchev–Trinajstić information content (AvgIpc) is 3.48. The molecule has 4 heterocycles. The average molecular weight is 490 g/mol. The van der Waals surface area contributed by atoms with E-state index in [0.717, 1.165) is 25.7 Å². The molecule has 12 heteroatoms. The van der Waals surface area contributed by atoms with Gasteiger partial charge >= 0.3 is 0 Å². The molecule has 5 rings (SSSR count). The molecular formula is C23H29F2N7O3. The van der Waals surface area contributed by atoms with Gasteiger partial charge < -0.3 is 20.1 Å². The maximum atomic E-state index is 13.8. The number of hydrogen-bond acceptors (Lipinski definition) is 7. The van der Waals surface area contributed by atoms with E-state index in [4.69, 9.17) is 4.74 Å². The highest BCUT2D eigenvalue weighted by molar-refractivity contribution is 6.08. The summed E-state index contributed by atoms with van der Waals surface area (Å²) in [6.45, 7) is 4.07. The number of aromatic nitrogens is 5. The van der Waals surface area contributed by atoms with Gasteiger partial charge in [0.2, 0.25) is 0 Å². The highest BCUT2D eigenvalue weighted by Gasteiger charge is 2.27. The Morgan fingerprint density at radius 3 is 2.83 bits per heavy atom. The normalized spacial score (nSPS) is 23.2. The van der Waals surface area contributed by atoms with Gasteiger partial charge in [0.25, 0.3) is 12.3 Å². The fourth-order valence-corrected chi connectivity index (χ4v) is 4.85. The van der Waals surface area contributed by atoms with Crippen LogP contribution in [-0.4, -0.2) is 67.8 Å². The van der Waals surface area contributed by atoms with E-state index in [9.17, 15) is 18.7 Å². The predicted molar refractivity (Wildman–Crippen MR) is 124 cm³/mol. The quantitative estimate of drug-likeness (QED) is 0.548. The lowest BCUT2D eigenvalue weighted by atomic mass is 9.87. The Kier molecular flexibility index (Phi) is 6.65. The molecule has 3 aromatic heterocycles. The smallest absolute Gasteiger partial charge is 0.284 e. The van der Waals surface area contributed by atoms with Gasteiger partial charge in [-0.15, -0.1) is 0 Å². The lowest BCUT2D eigenvalue weighted by Gasteiger charge is -2.31. The Balaban J connectivity index is 1.38. The first kappa shape index (κ1) is 23.6. The number of rotatable bonds is 6. The molecule has 0 unspecified atom stereocenters. The standard InChI is InChI=1S/C23H29F2N7O3/c1-14-11-30(8-9-35-14)19-6-7-31-22(28-19)17(10-26-31)23(34)27-18-12-32(29-20(18)21(24)25)16-4-2-15(13-33)3-5-16/h6-7,10,12,14-16,21,33H,2-5,8-9,11,13H2,1H3,(H,27,34)/t14-,15?,16?/m1/s1. The van der Waals surface area contributed by atoms with Crippen molar-refractivity contribution in [2.45, 2.75) is 51.2 Å². The number of fused-ring (bicyclic) bond motifs is 1. The van der Waals surface area contributed by atoms with Crippen LogP contribution in [0.25, 0.3) is 5.65 Å². The second-order valence-corrected chi connectivity index (χ2v) is 9.26. The summed E-state index contributed by atoms with van der Waals surface area (Å²) in [6.07, 6.45) is 4.91. The van der Waals surface area contributed by atoms with E-state index in [-0.39, 0.29) is 35.9 Å². The molecule has 0 bridgehead atoms. The van der Waals surface area contributed by atoms with Gasteiger partial charge in [0.05, 0.1) is 30.6 Å². The van der Waals surface area contributed by atoms with E-state index < -0.39 is 18.0 Å². The van der Waals surface area contributed by atoms with Crippen molar-refractivity contribution < 1.29 is 23.4 Å². The number of hydrogen-bond donors (Lipinski definition) is 2. The zero-order valence-corrected chi connectivity index (χ0v) is 19.5. The monoisotopic (exact) mass is 489 g/mol. The molecule has 1 saturated heterocycles. The summed E-state index contributed by atoms with van der Waals surface area (Å²) < 4.78 is 36.1. The number of carbonyl (C=O) groups is 1. The zero-order chi connectivity index (χ0) is 24.5.